The smallest absolute Gasteiger partial charge is 0.222 e. The van der Waals surface area contributed by atoms with E-state index in [1.807, 2.05) is 0 Å². The van der Waals surface area contributed by atoms with E-state index in [9.17, 15) is 4.79 Å². The number of aliphatic hydroxyl groups is 2. The van der Waals surface area contributed by atoms with E-state index < -0.39 is 0 Å². The van der Waals surface area contributed by atoms with Crippen LogP contribution in [0.15, 0.2) is 0 Å². The second-order valence-electron chi connectivity index (χ2n) is 11.9. The first-order valence-corrected chi connectivity index (χ1v) is 16.7. The van der Waals surface area contributed by atoms with Crippen LogP contribution in [0.3, 0.4) is 0 Å². The van der Waals surface area contributed by atoms with Crippen molar-refractivity contribution in [2.45, 2.75) is 167 Å². The largest absolute Gasteiger partial charge is 0.396 e. The fourth-order valence-corrected chi connectivity index (χ4v) is 5.48. The van der Waals surface area contributed by atoms with Crippen molar-refractivity contribution in [2.24, 2.45) is 0 Å². The van der Waals surface area contributed by atoms with Crippen LogP contribution < -0.4 is 0 Å². The van der Waals surface area contributed by atoms with Crippen LogP contribution in [-0.4, -0.2) is 72.4 Å². The second kappa shape index (κ2) is 29.3. The number of rotatable bonds is 30. The highest BCUT2D eigenvalue weighted by atomic mass is 16.3. The Morgan fingerprint density at radius 1 is 0.553 bits per heavy atom. The van der Waals surface area contributed by atoms with Gasteiger partial charge in [-0.15, -0.1) is 0 Å². The average Bonchev–Trinajstić information content (AvgIpc) is 2.90. The van der Waals surface area contributed by atoms with Crippen molar-refractivity contribution in [1.82, 2.24) is 9.80 Å². The van der Waals surface area contributed by atoms with E-state index in [-0.39, 0.29) is 0 Å². The second-order valence-corrected chi connectivity index (χ2v) is 11.9. The molecule has 0 aromatic rings. The van der Waals surface area contributed by atoms with Crippen LogP contribution in [0.5, 0.6) is 0 Å². The number of unbranched alkanes of at least 4 members (excludes halogenated alkanes) is 17. The Morgan fingerprint density at radius 3 is 1.42 bits per heavy atom. The van der Waals surface area contributed by atoms with Gasteiger partial charge in [0.15, 0.2) is 0 Å². The average molecular weight is 541 g/mol. The van der Waals surface area contributed by atoms with Gasteiger partial charge in [0.25, 0.3) is 0 Å². The summed E-state index contributed by atoms with van der Waals surface area (Å²) in [6.07, 6.45) is 28.2. The molecule has 0 fully saturated rings. The molecular formula is C33H68N2O3. The van der Waals surface area contributed by atoms with Crippen LogP contribution in [-0.2, 0) is 4.79 Å². The molecule has 228 valence electrons. The van der Waals surface area contributed by atoms with Crippen molar-refractivity contribution >= 4 is 5.91 Å². The van der Waals surface area contributed by atoms with Crippen molar-refractivity contribution in [2.75, 3.05) is 40.4 Å². The number of carbonyl (C=O) groups excluding carboxylic acids is 1. The van der Waals surface area contributed by atoms with Crippen molar-refractivity contribution in [3.8, 4) is 0 Å². The lowest BCUT2D eigenvalue weighted by Gasteiger charge is -2.33. The minimum atomic E-state index is 0.320. The molecule has 0 aromatic carbocycles. The van der Waals surface area contributed by atoms with Gasteiger partial charge in [-0.3, -0.25) is 4.79 Å². The molecule has 0 heterocycles. The number of amides is 1. The zero-order valence-corrected chi connectivity index (χ0v) is 26.1. The lowest BCUT2D eigenvalue weighted by Crippen LogP contribution is -2.41. The Morgan fingerprint density at radius 2 is 0.974 bits per heavy atom. The molecule has 1 amide bonds. The lowest BCUT2D eigenvalue weighted by molar-refractivity contribution is -0.134. The molecule has 0 rings (SSSR count). The van der Waals surface area contributed by atoms with Crippen LogP contribution in [0, 0.1) is 0 Å². The van der Waals surface area contributed by atoms with E-state index in [2.05, 4.69) is 30.8 Å². The van der Waals surface area contributed by atoms with Crippen molar-refractivity contribution in [3.63, 3.8) is 0 Å². The summed E-state index contributed by atoms with van der Waals surface area (Å²) in [6, 6.07) is 0.397. The molecule has 2 N–H and O–H groups in total. The third-order valence-electron chi connectivity index (χ3n) is 7.90. The molecule has 0 aliphatic carbocycles. The molecule has 0 unspecified atom stereocenters. The first-order valence-electron chi connectivity index (χ1n) is 16.7. The van der Waals surface area contributed by atoms with Gasteiger partial charge < -0.3 is 20.0 Å². The van der Waals surface area contributed by atoms with Gasteiger partial charge in [-0.2, -0.15) is 0 Å². The van der Waals surface area contributed by atoms with E-state index in [0.29, 0.717) is 25.2 Å². The van der Waals surface area contributed by atoms with Gasteiger partial charge in [0.1, 0.15) is 0 Å². The van der Waals surface area contributed by atoms with E-state index in [4.69, 9.17) is 10.2 Å². The molecule has 38 heavy (non-hydrogen) atoms. The molecular weight excluding hydrogens is 472 g/mol. The Balaban J connectivity index is 4.85. The van der Waals surface area contributed by atoms with Gasteiger partial charge in [-0.25, -0.2) is 0 Å². The highest BCUT2D eigenvalue weighted by Crippen LogP contribution is 2.21. The SMILES string of the molecule is CCCCCCCCC(=O)N(CCCN(C)C)C(CCCCCCCCCO)CCCCCCCCCO. The molecule has 0 atom stereocenters. The molecule has 0 saturated heterocycles. The third kappa shape index (κ3) is 24.4. The predicted molar refractivity (Wildman–Crippen MR) is 165 cm³/mol. The zero-order chi connectivity index (χ0) is 28.1. The van der Waals surface area contributed by atoms with Crippen molar-refractivity contribution in [3.05, 3.63) is 0 Å². The Labute approximate surface area is 238 Å². The molecule has 0 aliphatic rings. The minimum Gasteiger partial charge on any atom is -0.396 e. The summed E-state index contributed by atoms with van der Waals surface area (Å²) < 4.78 is 0. The summed E-state index contributed by atoms with van der Waals surface area (Å²) in [4.78, 5) is 18.0. The summed E-state index contributed by atoms with van der Waals surface area (Å²) in [6.45, 7) is 4.83. The summed E-state index contributed by atoms with van der Waals surface area (Å²) in [7, 11) is 4.25. The number of hydrogen-bond donors (Lipinski definition) is 2. The fraction of sp³-hybridized carbons (Fsp3) is 0.970. The van der Waals surface area contributed by atoms with Crippen LogP contribution in [0.1, 0.15) is 161 Å². The summed E-state index contributed by atoms with van der Waals surface area (Å²) >= 11 is 0. The molecule has 5 nitrogen and oxygen atoms in total. The zero-order valence-electron chi connectivity index (χ0n) is 26.1. The van der Waals surface area contributed by atoms with Crippen molar-refractivity contribution in [1.29, 1.82) is 0 Å². The monoisotopic (exact) mass is 541 g/mol. The van der Waals surface area contributed by atoms with E-state index in [1.54, 1.807) is 0 Å². The van der Waals surface area contributed by atoms with Crippen LogP contribution in [0.2, 0.25) is 0 Å². The Bertz CT molecular complexity index is 467. The maximum Gasteiger partial charge on any atom is 0.222 e. The number of aliphatic hydroxyl groups excluding tert-OH is 2. The van der Waals surface area contributed by atoms with Gasteiger partial charge in [-0.1, -0.05) is 116 Å². The summed E-state index contributed by atoms with van der Waals surface area (Å²) in [5.41, 5.74) is 0. The molecule has 0 spiro atoms. The topological polar surface area (TPSA) is 64.0 Å². The van der Waals surface area contributed by atoms with Gasteiger partial charge >= 0.3 is 0 Å². The van der Waals surface area contributed by atoms with Crippen LogP contribution >= 0.6 is 0 Å². The minimum absolute atomic E-state index is 0.320. The van der Waals surface area contributed by atoms with E-state index in [1.165, 1.54) is 96.3 Å². The molecule has 0 bridgehead atoms. The van der Waals surface area contributed by atoms with Crippen molar-refractivity contribution < 1.29 is 15.0 Å². The third-order valence-corrected chi connectivity index (χ3v) is 7.90. The van der Waals surface area contributed by atoms with Gasteiger partial charge in [0.05, 0.1) is 0 Å². The molecule has 5 heteroatoms. The molecule has 0 aromatic heterocycles. The number of nitrogens with zero attached hydrogens (tertiary/aromatic N) is 2. The number of carbonyl (C=O) groups is 1. The Hall–Kier alpha value is -0.650. The lowest BCUT2D eigenvalue weighted by atomic mass is 9.97. The standard InChI is InChI=1S/C33H68N2O3/c1-4-5-6-7-16-21-27-33(38)35(29-24-28-34(2)3)32(25-19-14-10-8-12-17-22-30-36)26-20-15-11-9-13-18-23-31-37/h32,36-37H,4-31H2,1-3H3. The maximum atomic E-state index is 13.5. The van der Waals surface area contributed by atoms with Gasteiger partial charge in [0, 0.05) is 32.2 Å². The molecule has 0 radical (unpaired) electrons. The van der Waals surface area contributed by atoms with Gasteiger partial charge in [0.2, 0.25) is 5.91 Å². The Kier molecular flexibility index (Phi) is 28.8. The summed E-state index contributed by atoms with van der Waals surface area (Å²) in [5.74, 6) is 0.400. The highest BCUT2D eigenvalue weighted by molar-refractivity contribution is 5.76. The molecule has 0 saturated carbocycles. The van der Waals surface area contributed by atoms with E-state index in [0.717, 1.165) is 70.9 Å². The van der Waals surface area contributed by atoms with Gasteiger partial charge in [-0.05, 0) is 59.2 Å². The fourth-order valence-electron chi connectivity index (χ4n) is 5.48. The van der Waals surface area contributed by atoms with E-state index >= 15 is 0 Å². The molecule has 0 aliphatic heterocycles. The normalized spacial score (nSPS) is 11.7. The number of hydrogen-bond acceptors (Lipinski definition) is 4. The quantitative estimate of drug-likeness (QED) is 0.0903. The van der Waals surface area contributed by atoms with Crippen LogP contribution in [0.4, 0.5) is 0 Å². The summed E-state index contributed by atoms with van der Waals surface area (Å²) in [5, 5.41) is 17.9. The first-order chi connectivity index (χ1) is 18.6. The maximum absolute atomic E-state index is 13.5. The van der Waals surface area contributed by atoms with Crippen LogP contribution in [0.25, 0.3) is 0 Å². The predicted octanol–water partition coefficient (Wildman–Crippen LogP) is 8.11. The highest BCUT2D eigenvalue weighted by Gasteiger charge is 2.22. The first kappa shape index (κ1) is 37.4.